The Labute approximate surface area is 124 Å². The van der Waals surface area contributed by atoms with E-state index < -0.39 is 11.8 Å². The summed E-state index contributed by atoms with van der Waals surface area (Å²) in [5.74, 6) is -1.41. The lowest BCUT2D eigenvalue weighted by molar-refractivity contribution is -0.136. The number of carbonyl (C=O) groups is 2. The summed E-state index contributed by atoms with van der Waals surface area (Å²) in [7, 11) is 0. The van der Waals surface area contributed by atoms with Crippen LogP contribution in [-0.4, -0.2) is 22.0 Å². The quantitative estimate of drug-likeness (QED) is 0.746. The van der Waals surface area contributed by atoms with Crippen LogP contribution in [0.3, 0.4) is 0 Å². The summed E-state index contributed by atoms with van der Waals surface area (Å²) < 4.78 is 0.720. The van der Waals surface area contributed by atoms with Crippen LogP contribution in [0.1, 0.15) is 11.3 Å². The molecule has 0 aliphatic heterocycles. The average molecular weight is 337 g/mol. The maximum absolute atomic E-state index is 11.8. The second-order valence-corrected chi connectivity index (χ2v) is 5.06. The highest BCUT2D eigenvalue weighted by atomic mass is 79.9. The number of nitrogens with one attached hydrogen (secondary N) is 3. The fourth-order valence-corrected chi connectivity index (χ4v) is 1.90. The molecule has 0 radical (unpaired) electrons. The number of rotatable bonds is 3. The monoisotopic (exact) mass is 336 g/mol. The number of aryl methyl sites for hydroxylation is 1. The van der Waals surface area contributed by atoms with Gasteiger partial charge in [-0.1, -0.05) is 6.07 Å². The summed E-state index contributed by atoms with van der Waals surface area (Å²) >= 11 is 3.32. The van der Waals surface area contributed by atoms with Crippen LogP contribution in [0.2, 0.25) is 0 Å². The Kier molecular flexibility index (Phi) is 4.52. The smallest absolute Gasteiger partial charge is 0.313 e. The van der Waals surface area contributed by atoms with E-state index in [9.17, 15) is 9.59 Å². The molecule has 20 heavy (non-hydrogen) atoms. The summed E-state index contributed by atoms with van der Waals surface area (Å²) in [6.07, 6.45) is 1.57. The van der Waals surface area contributed by atoms with E-state index in [4.69, 9.17) is 0 Å². The van der Waals surface area contributed by atoms with Crippen molar-refractivity contribution < 1.29 is 9.59 Å². The first kappa shape index (κ1) is 14.3. The zero-order valence-corrected chi connectivity index (χ0v) is 12.3. The first-order valence-corrected chi connectivity index (χ1v) is 6.69. The molecule has 6 nitrogen and oxygen atoms in total. The Morgan fingerprint density at radius 3 is 2.80 bits per heavy atom. The maximum atomic E-state index is 11.8. The minimum Gasteiger partial charge on any atom is -0.342 e. The van der Waals surface area contributed by atoms with Crippen molar-refractivity contribution in [3.8, 4) is 0 Å². The molecule has 2 amide bonds. The lowest BCUT2D eigenvalue weighted by Gasteiger charge is -2.08. The normalized spacial score (nSPS) is 10.1. The van der Waals surface area contributed by atoms with Crippen LogP contribution in [0.25, 0.3) is 0 Å². The van der Waals surface area contributed by atoms with Gasteiger partial charge in [0.1, 0.15) is 0 Å². The van der Waals surface area contributed by atoms with Crippen LogP contribution in [0.15, 0.2) is 34.9 Å². The van der Waals surface area contributed by atoms with Crippen molar-refractivity contribution in [1.29, 1.82) is 0 Å². The van der Waals surface area contributed by atoms with Gasteiger partial charge in [0.05, 0.1) is 17.9 Å². The van der Waals surface area contributed by atoms with Gasteiger partial charge in [-0.3, -0.25) is 14.7 Å². The number of benzene rings is 1. The van der Waals surface area contributed by atoms with Crippen LogP contribution >= 0.6 is 15.9 Å². The number of hydrogen-bond donors (Lipinski definition) is 3. The van der Waals surface area contributed by atoms with E-state index in [1.54, 1.807) is 18.3 Å². The van der Waals surface area contributed by atoms with Gasteiger partial charge in [-0.15, -0.1) is 0 Å². The summed E-state index contributed by atoms with van der Waals surface area (Å²) in [6.45, 7) is 2.13. The molecule has 1 aromatic heterocycles. The number of carbonyl (C=O) groups excluding carboxylic acids is 2. The van der Waals surface area contributed by atoms with Crippen LogP contribution in [-0.2, 0) is 16.1 Å². The third-order valence-electron chi connectivity index (χ3n) is 2.57. The standard InChI is InChI=1S/C13H13BrN4O2/c1-8-2-3-10(14)11(6-8)17-13(20)12(19)15-7-9-4-5-16-18-9/h2-6H,7H2,1H3,(H,15,19)(H,16,18)(H,17,20). The minimum absolute atomic E-state index is 0.223. The molecule has 0 unspecified atom stereocenters. The molecule has 0 aliphatic rings. The van der Waals surface area contributed by atoms with Crippen molar-refractivity contribution >= 4 is 33.4 Å². The summed E-state index contributed by atoms with van der Waals surface area (Å²) in [5.41, 5.74) is 2.27. The molecule has 0 saturated heterocycles. The van der Waals surface area contributed by atoms with E-state index in [1.807, 2.05) is 19.1 Å². The Balaban J connectivity index is 1.93. The molecule has 7 heteroatoms. The molecule has 2 aromatic rings. The number of halogens is 1. The molecule has 1 heterocycles. The van der Waals surface area contributed by atoms with Gasteiger partial charge < -0.3 is 10.6 Å². The molecule has 0 atom stereocenters. The van der Waals surface area contributed by atoms with Crippen LogP contribution in [0.4, 0.5) is 5.69 Å². The number of anilines is 1. The van der Waals surface area contributed by atoms with E-state index in [2.05, 4.69) is 36.8 Å². The van der Waals surface area contributed by atoms with Gasteiger partial charge in [0.15, 0.2) is 0 Å². The van der Waals surface area contributed by atoms with Crippen molar-refractivity contribution in [2.75, 3.05) is 5.32 Å². The lowest BCUT2D eigenvalue weighted by atomic mass is 10.2. The number of aromatic nitrogens is 2. The molecular weight excluding hydrogens is 324 g/mol. The zero-order valence-electron chi connectivity index (χ0n) is 10.7. The van der Waals surface area contributed by atoms with Gasteiger partial charge in [-0.05, 0) is 46.6 Å². The Morgan fingerprint density at radius 1 is 1.30 bits per heavy atom. The fraction of sp³-hybridized carbons (Fsp3) is 0.154. The second-order valence-electron chi connectivity index (χ2n) is 4.20. The van der Waals surface area contributed by atoms with Crippen molar-refractivity contribution in [2.45, 2.75) is 13.5 Å². The van der Waals surface area contributed by atoms with E-state index in [0.717, 1.165) is 15.7 Å². The Morgan fingerprint density at radius 2 is 2.10 bits per heavy atom. The molecule has 0 bridgehead atoms. The van der Waals surface area contributed by atoms with Gasteiger partial charge in [0.2, 0.25) is 0 Å². The summed E-state index contributed by atoms with van der Waals surface area (Å²) in [4.78, 5) is 23.4. The Hall–Kier alpha value is -2.15. The molecule has 0 spiro atoms. The predicted molar refractivity (Wildman–Crippen MR) is 77.9 cm³/mol. The van der Waals surface area contributed by atoms with Crippen molar-refractivity contribution in [2.24, 2.45) is 0 Å². The Bertz CT molecular complexity index is 625. The highest BCUT2D eigenvalue weighted by Gasteiger charge is 2.14. The van der Waals surface area contributed by atoms with E-state index in [0.29, 0.717) is 5.69 Å². The van der Waals surface area contributed by atoms with E-state index >= 15 is 0 Å². The van der Waals surface area contributed by atoms with Gasteiger partial charge in [-0.25, -0.2) is 0 Å². The van der Waals surface area contributed by atoms with Gasteiger partial charge in [0.25, 0.3) is 0 Å². The predicted octanol–water partition coefficient (Wildman–Crippen LogP) is 1.74. The van der Waals surface area contributed by atoms with Crippen LogP contribution in [0.5, 0.6) is 0 Å². The largest absolute Gasteiger partial charge is 0.342 e. The molecule has 0 aliphatic carbocycles. The van der Waals surface area contributed by atoms with Crippen molar-refractivity contribution in [1.82, 2.24) is 15.5 Å². The molecule has 0 fully saturated rings. The number of aromatic amines is 1. The molecule has 1 aromatic carbocycles. The van der Waals surface area contributed by atoms with Crippen molar-refractivity contribution in [3.63, 3.8) is 0 Å². The third kappa shape index (κ3) is 3.67. The van der Waals surface area contributed by atoms with E-state index in [-0.39, 0.29) is 6.54 Å². The second kappa shape index (κ2) is 6.33. The zero-order chi connectivity index (χ0) is 14.5. The summed E-state index contributed by atoms with van der Waals surface area (Å²) in [6, 6.07) is 7.21. The number of nitrogens with zero attached hydrogens (tertiary/aromatic N) is 1. The minimum atomic E-state index is -0.712. The number of hydrogen-bond acceptors (Lipinski definition) is 3. The van der Waals surface area contributed by atoms with Crippen molar-refractivity contribution in [3.05, 3.63) is 46.2 Å². The molecule has 3 N–H and O–H groups in total. The van der Waals surface area contributed by atoms with Crippen LogP contribution in [0, 0.1) is 6.92 Å². The molecular formula is C13H13BrN4O2. The number of H-pyrrole nitrogens is 1. The maximum Gasteiger partial charge on any atom is 0.313 e. The van der Waals surface area contributed by atoms with Crippen LogP contribution < -0.4 is 10.6 Å². The lowest BCUT2D eigenvalue weighted by Crippen LogP contribution is -2.35. The third-order valence-corrected chi connectivity index (χ3v) is 3.27. The first-order valence-electron chi connectivity index (χ1n) is 5.90. The highest BCUT2D eigenvalue weighted by Crippen LogP contribution is 2.23. The molecule has 0 saturated carbocycles. The van der Waals surface area contributed by atoms with Gasteiger partial charge >= 0.3 is 11.8 Å². The topological polar surface area (TPSA) is 86.9 Å². The SMILES string of the molecule is Cc1ccc(Br)c(NC(=O)C(=O)NCc2ccn[nH]2)c1. The highest BCUT2D eigenvalue weighted by molar-refractivity contribution is 9.10. The molecule has 104 valence electrons. The summed E-state index contributed by atoms with van der Waals surface area (Å²) in [5, 5.41) is 11.5. The first-order chi connectivity index (χ1) is 9.56. The average Bonchev–Trinajstić information content (AvgIpc) is 2.93. The van der Waals surface area contributed by atoms with E-state index in [1.165, 1.54) is 0 Å². The fourth-order valence-electron chi connectivity index (χ4n) is 1.55. The van der Waals surface area contributed by atoms with Gasteiger partial charge in [0, 0.05) is 10.7 Å². The van der Waals surface area contributed by atoms with Gasteiger partial charge in [-0.2, -0.15) is 5.10 Å². The number of amides is 2. The molecule has 2 rings (SSSR count).